The zero-order chi connectivity index (χ0) is 47.3. The van der Waals surface area contributed by atoms with Crippen molar-refractivity contribution in [1.29, 1.82) is 0 Å². The van der Waals surface area contributed by atoms with Crippen LogP contribution in [0.5, 0.6) is 0 Å². The molecule has 0 aromatic rings. The van der Waals surface area contributed by atoms with Crippen molar-refractivity contribution in [2.75, 3.05) is 13.2 Å². The third-order valence-corrected chi connectivity index (χ3v) is 13.5. The molecule has 384 valence electrons. The molecule has 0 aliphatic carbocycles. The second-order valence-electron chi connectivity index (χ2n) is 19.7. The Morgan fingerprint density at radius 3 is 1.25 bits per heavy atom. The van der Waals surface area contributed by atoms with Gasteiger partial charge in [0.1, 0.15) is 24.4 Å². The highest BCUT2D eigenvalue weighted by Crippen LogP contribution is 2.23. The minimum atomic E-state index is -1.57. The van der Waals surface area contributed by atoms with Crippen molar-refractivity contribution in [3.05, 3.63) is 24.3 Å². The average Bonchev–Trinajstić information content (AvgIpc) is 3.31. The summed E-state index contributed by atoms with van der Waals surface area (Å²) in [6.07, 6.45) is 50.9. The van der Waals surface area contributed by atoms with Crippen molar-refractivity contribution in [2.24, 2.45) is 0 Å². The summed E-state index contributed by atoms with van der Waals surface area (Å²) in [6.45, 7) is 3.81. The van der Waals surface area contributed by atoms with E-state index in [1.165, 1.54) is 212 Å². The fraction of sp³-hybridized carbons (Fsp3) is 0.911. The van der Waals surface area contributed by atoms with Gasteiger partial charge in [0.05, 0.1) is 25.4 Å². The summed E-state index contributed by atoms with van der Waals surface area (Å²) in [7, 11) is 0. The molecule has 0 radical (unpaired) electrons. The van der Waals surface area contributed by atoms with E-state index in [1.54, 1.807) is 6.08 Å². The predicted molar refractivity (Wildman–Crippen MR) is 272 cm³/mol. The van der Waals surface area contributed by atoms with E-state index in [0.29, 0.717) is 6.42 Å². The molecule has 9 nitrogen and oxygen atoms in total. The summed E-state index contributed by atoms with van der Waals surface area (Å²) in [6, 6.07) is -0.805. The van der Waals surface area contributed by atoms with Crippen molar-refractivity contribution in [3.63, 3.8) is 0 Å². The number of allylic oxidation sites excluding steroid dienone is 3. The van der Waals surface area contributed by atoms with Crippen LogP contribution in [0.1, 0.15) is 271 Å². The fourth-order valence-electron chi connectivity index (χ4n) is 9.04. The van der Waals surface area contributed by atoms with E-state index in [1.807, 2.05) is 6.08 Å². The smallest absolute Gasteiger partial charge is 0.220 e. The maximum Gasteiger partial charge on any atom is 0.220 e. The topological polar surface area (TPSA) is 149 Å². The van der Waals surface area contributed by atoms with Crippen LogP contribution >= 0.6 is 0 Å². The first-order chi connectivity index (χ1) is 31.8. The Kier molecular flexibility index (Phi) is 44.0. The SMILES string of the molecule is CCCCCCCCCCCCC/C=C\CCCCCCCCCC(=O)NC(COC1OC(CO)C(O)C(O)C1O)C(O)/C=C/CCCCCCCCCCCCCCCCCCCC. The molecule has 0 aromatic heterocycles. The van der Waals surface area contributed by atoms with Gasteiger partial charge in [-0.1, -0.05) is 244 Å². The minimum absolute atomic E-state index is 0.177. The molecule has 1 heterocycles. The number of ether oxygens (including phenoxy) is 2. The number of hydrogen-bond acceptors (Lipinski definition) is 8. The summed E-state index contributed by atoms with van der Waals surface area (Å²) >= 11 is 0. The zero-order valence-corrected chi connectivity index (χ0v) is 42.5. The number of carbonyl (C=O) groups excluding carboxylic acids is 1. The highest BCUT2D eigenvalue weighted by molar-refractivity contribution is 5.76. The minimum Gasteiger partial charge on any atom is -0.394 e. The van der Waals surface area contributed by atoms with Gasteiger partial charge in [0.2, 0.25) is 5.91 Å². The maximum absolute atomic E-state index is 13.0. The number of aliphatic hydroxyl groups is 5. The summed E-state index contributed by atoms with van der Waals surface area (Å²) in [4.78, 5) is 13.0. The quantitative estimate of drug-likeness (QED) is 0.0261. The van der Waals surface area contributed by atoms with Gasteiger partial charge < -0.3 is 40.3 Å². The molecule has 7 atom stereocenters. The first-order valence-electron chi connectivity index (χ1n) is 28.1. The second-order valence-corrected chi connectivity index (χ2v) is 19.7. The van der Waals surface area contributed by atoms with E-state index in [0.717, 1.165) is 38.5 Å². The number of carbonyl (C=O) groups is 1. The number of amides is 1. The summed E-state index contributed by atoms with van der Waals surface area (Å²) in [5, 5.41) is 54.5. The van der Waals surface area contributed by atoms with E-state index in [4.69, 9.17) is 9.47 Å². The van der Waals surface area contributed by atoms with Gasteiger partial charge in [-0.15, -0.1) is 0 Å². The second kappa shape index (κ2) is 46.4. The molecular weight excluding hydrogens is 815 g/mol. The van der Waals surface area contributed by atoms with Gasteiger partial charge in [-0.05, 0) is 44.9 Å². The van der Waals surface area contributed by atoms with E-state index < -0.39 is 49.5 Å². The van der Waals surface area contributed by atoms with Gasteiger partial charge in [-0.3, -0.25) is 4.79 Å². The van der Waals surface area contributed by atoms with Crippen molar-refractivity contribution in [2.45, 2.75) is 314 Å². The van der Waals surface area contributed by atoms with Gasteiger partial charge >= 0.3 is 0 Å². The highest BCUT2D eigenvalue weighted by atomic mass is 16.7. The molecule has 1 saturated heterocycles. The Labute approximate surface area is 400 Å². The highest BCUT2D eigenvalue weighted by Gasteiger charge is 2.44. The van der Waals surface area contributed by atoms with Crippen LogP contribution in [0.2, 0.25) is 0 Å². The average molecular weight is 922 g/mol. The van der Waals surface area contributed by atoms with Gasteiger partial charge in [0.15, 0.2) is 6.29 Å². The molecule has 1 amide bonds. The molecule has 1 aliphatic rings. The Morgan fingerprint density at radius 1 is 0.508 bits per heavy atom. The summed E-state index contributed by atoms with van der Waals surface area (Å²) in [5.41, 5.74) is 0. The largest absolute Gasteiger partial charge is 0.394 e. The fourth-order valence-corrected chi connectivity index (χ4v) is 9.04. The van der Waals surface area contributed by atoms with Crippen LogP contribution in [0.3, 0.4) is 0 Å². The van der Waals surface area contributed by atoms with Gasteiger partial charge in [0, 0.05) is 6.42 Å². The number of nitrogens with one attached hydrogen (secondary N) is 1. The van der Waals surface area contributed by atoms with Crippen LogP contribution in [-0.2, 0) is 14.3 Å². The molecule has 1 rings (SSSR count). The third-order valence-electron chi connectivity index (χ3n) is 13.5. The van der Waals surface area contributed by atoms with Crippen LogP contribution in [0.4, 0.5) is 0 Å². The van der Waals surface area contributed by atoms with Crippen molar-refractivity contribution < 1.29 is 39.8 Å². The third kappa shape index (κ3) is 36.3. The first kappa shape index (κ1) is 61.7. The molecule has 0 bridgehead atoms. The Balaban J connectivity index is 2.25. The van der Waals surface area contributed by atoms with Crippen molar-refractivity contribution in [3.8, 4) is 0 Å². The lowest BCUT2D eigenvalue weighted by molar-refractivity contribution is -0.302. The molecule has 65 heavy (non-hydrogen) atoms. The summed E-state index contributed by atoms with van der Waals surface area (Å²) < 4.78 is 11.3. The Morgan fingerprint density at radius 2 is 0.862 bits per heavy atom. The van der Waals surface area contributed by atoms with Gasteiger partial charge in [-0.25, -0.2) is 0 Å². The molecule has 1 fully saturated rings. The summed E-state index contributed by atoms with van der Waals surface area (Å²) in [5.74, 6) is -0.177. The lowest BCUT2D eigenvalue weighted by Crippen LogP contribution is -2.60. The van der Waals surface area contributed by atoms with Crippen LogP contribution in [0.25, 0.3) is 0 Å². The van der Waals surface area contributed by atoms with Crippen molar-refractivity contribution in [1.82, 2.24) is 5.32 Å². The molecule has 9 heteroatoms. The molecule has 0 spiro atoms. The normalized spacial score (nSPS) is 20.0. The molecule has 6 N–H and O–H groups in total. The zero-order valence-electron chi connectivity index (χ0n) is 42.5. The number of aliphatic hydroxyl groups excluding tert-OH is 5. The molecule has 0 aromatic carbocycles. The lowest BCUT2D eigenvalue weighted by Gasteiger charge is -2.40. The Hall–Kier alpha value is -1.33. The molecule has 1 aliphatic heterocycles. The maximum atomic E-state index is 13.0. The Bertz CT molecular complexity index is 1070. The lowest BCUT2D eigenvalue weighted by atomic mass is 9.99. The van der Waals surface area contributed by atoms with Crippen LogP contribution in [0.15, 0.2) is 24.3 Å². The predicted octanol–water partition coefficient (Wildman–Crippen LogP) is 13.4. The molecular formula is C56H107NO8. The van der Waals surface area contributed by atoms with E-state index in [-0.39, 0.29) is 12.5 Å². The molecule has 0 saturated carbocycles. The van der Waals surface area contributed by atoms with Crippen LogP contribution < -0.4 is 5.32 Å². The van der Waals surface area contributed by atoms with E-state index >= 15 is 0 Å². The van der Waals surface area contributed by atoms with Crippen molar-refractivity contribution >= 4 is 5.91 Å². The number of rotatable bonds is 48. The van der Waals surface area contributed by atoms with Gasteiger partial charge in [0.25, 0.3) is 0 Å². The molecule has 7 unspecified atom stereocenters. The van der Waals surface area contributed by atoms with Crippen LogP contribution in [-0.4, -0.2) is 87.5 Å². The number of unbranched alkanes of at least 4 members (excludes halogenated alkanes) is 36. The van der Waals surface area contributed by atoms with E-state index in [2.05, 4.69) is 31.3 Å². The van der Waals surface area contributed by atoms with Crippen LogP contribution in [0, 0.1) is 0 Å². The first-order valence-corrected chi connectivity index (χ1v) is 28.1. The standard InChI is InChI=1S/C56H107NO8/c1-3-5-7-9-11-13-15-17-19-21-23-25-26-28-30-32-34-36-38-40-42-44-46-52(60)57-49(48-64-56-55(63)54(62)53(61)51(47-58)65-56)50(59)45-43-41-39-37-35-33-31-29-27-24-22-20-18-16-14-12-10-8-6-4-2/h26,28,43,45,49-51,53-56,58-59,61-63H,3-25,27,29-42,44,46-48H2,1-2H3,(H,57,60)/b28-26-,45-43+. The van der Waals surface area contributed by atoms with Gasteiger partial charge in [-0.2, -0.15) is 0 Å². The van der Waals surface area contributed by atoms with E-state index in [9.17, 15) is 30.3 Å². The number of hydrogen-bond donors (Lipinski definition) is 6. The monoisotopic (exact) mass is 922 g/mol.